The van der Waals surface area contributed by atoms with Crippen LogP contribution in [-0.2, 0) is 6.18 Å². The third-order valence-electron chi connectivity index (χ3n) is 4.82. The molecule has 0 fully saturated rings. The van der Waals surface area contributed by atoms with Crippen molar-refractivity contribution >= 4 is 33.1 Å². The molecule has 2 aromatic carbocycles. The Morgan fingerprint density at radius 2 is 1.83 bits per heavy atom. The molecule has 2 heterocycles. The molecular formula is C22H18F3N3OS. The monoisotopic (exact) mass is 429 g/mol. The van der Waals surface area contributed by atoms with Gasteiger partial charge in [-0.3, -0.25) is 4.79 Å². The molecule has 0 aliphatic heterocycles. The number of hydrogen-bond acceptors (Lipinski definition) is 3. The number of nitrogens with zero attached hydrogens (tertiary/aromatic N) is 2. The molecular weight excluding hydrogens is 411 g/mol. The number of hydrogen-bond donors (Lipinski definition) is 1. The van der Waals surface area contributed by atoms with Crippen molar-refractivity contribution in [1.29, 1.82) is 0 Å². The zero-order valence-corrected chi connectivity index (χ0v) is 17.3. The molecule has 8 heteroatoms. The highest BCUT2D eigenvalue weighted by molar-refractivity contribution is 7.20. The van der Waals surface area contributed by atoms with Gasteiger partial charge in [0, 0.05) is 11.1 Å². The summed E-state index contributed by atoms with van der Waals surface area (Å²) < 4.78 is 40.7. The topological polar surface area (TPSA) is 46.9 Å². The zero-order chi connectivity index (χ0) is 21.6. The van der Waals surface area contributed by atoms with E-state index in [2.05, 4.69) is 10.4 Å². The summed E-state index contributed by atoms with van der Waals surface area (Å²) in [5.74, 6) is -0.266. The summed E-state index contributed by atoms with van der Waals surface area (Å²) in [6.07, 6.45) is -4.44. The molecule has 4 aromatic rings. The first kappa shape index (κ1) is 20.2. The maximum absolute atomic E-state index is 13.1. The predicted octanol–water partition coefficient (Wildman–Crippen LogP) is 6.28. The van der Waals surface area contributed by atoms with Gasteiger partial charge in [-0.2, -0.15) is 18.3 Å². The van der Waals surface area contributed by atoms with E-state index in [1.165, 1.54) is 22.1 Å². The standard InChI is InChI=1S/C22H18F3N3OS/c1-12-7-8-18(13(2)9-12)26-20(29)19-11-17-14(3)27-28(21(17)30-19)16-6-4-5-15(10-16)22(23,24)25/h4-11H,1-3H3,(H,26,29). The predicted molar refractivity (Wildman–Crippen MR) is 113 cm³/mol. The molecule has 4 nitrogen and oxygen atoms in total. The number of alkyl halides is 3. The van der Waals surface area contributed by atoms with E-state index in [1.807, 2.05) is 32.0 Å². The van der Waals surface area contributed by atoms with Crippen molar-refractivity contribution in [3.8, 4) is 5.69 Å². The number of benzene rings is 2. The van der Waals surface area contributed by atoms with E-state index in [0.717, 1.165) is 34.3 Å². The van der Waals surface area contributed by atoms with Gasteiger partial charge >= 0.3 is 6.18 Å². The van der Waals surface area contributed by atoms with E-state index in [9.17, 15) is 18.0 Å². The lowest BCUT2D eigenvalue weighted by atomic mass is 10.1. The van der Waals surface area contributed by atoms with Gasteiger partial charge in [0.1, 0.15) is 4.83 Å². The molecule has 0 bridgehead atoms. The molecule has 0 aliphatic rings. The van der Waals surface area contributed by atoms with E-state index in [1.54, 1.807) is 19.1 Å². The van der Waals surface area contributed by atoms with Crippen LogP contribution in [0.4, 0.5) is 18.9 Å². The van der Waals surface area contributed by atoms with Crippen molar-refractivity contribution in [2.24, 2.45) is 0 Å². The van der Waals surface area contributed by atoms with Crippen LogP contribution in [-0.4, -0.2) is 15.7 Å². The number of aromatic nitrogens is 2. The molecule has 0 atom stereocenters. The quantitative estimate of drug-likeness (QED) is 0.416. The van der Waals surface area contributed by atoms with Gasteiger partial charge in [0.2, 0.25) is 0 Å². The Hall–Kier alpha value is -3.13. The number of halogens is 3. The Kier molecular flexibility index (Phi) is 4.89. The van der Waals surface area contributed by atoms with Crippen molar-refractivity contribution < 1.29 is 18.0 Å². The number of aryl methyl sites for hydroxylation is 3. The van der Waals surface area contributed by atoms with Gasteiger partial charge in [0.15, 0.2) is 0 Å². The lowest BCUT2D eigenvalue weighted by Gasteiger charge is -2.09. The molecule has 1 amide bonds. The summed E-state index contributed by atoms with van der Waals surface area (Å²) in [6, 6.07) is 12.5. The Balaban J connectivity index is 1.71. The zero-order valence-electron chi connectivity index (χ0n) is 16.5. The van der Waals surface area contributed by atoms with Crippen LogP contribution in [0.5, 0.6) is 0 Å². The van der Waals surface area contributed by atoms with E-state index >= 15 is 0 Å². The maximum Gasteiger partial charge on any atom is 0.416 e. The number of rotatable bonds is 3. The number of anilines is 1. The molecule has 1 N–H and O–H groups in total. The van der Waals surface area contributed by atoms with Crippen LogP contribution in [0.2, 0.25) is 0 Å². The first-order chi connectivity index (χ1) is 14.1. The summed E-state index contributed by atoms with van der Waals surface area (Å²) in [7, 11) is 0. The minimum Gasteiger partial charge on any atom is -0.321 e. The second kappa shape index (κ2) is 7.28. The van der Waals surface area contributed by atoms with Crippen molar-refractivity contribution in [2.75, 3.05) is 5.32 Å². The highest BCUT2D eigenvalue weighted by Gasteiger charge is 2.31. The summed E-state index contributed by atoms with van der Waals surface area (Å²) in [4.78, 5) is 13.9. The van der Waals surface area contributed by atoms with Crippen molar-refractivity contribution in [3.05, 3.63) is 75.8 Å². The Morgan fingerprint density at radius 3 is 2.53 bits per heavy atom. The van der Waals surface area contributed by atoms with Crippen molar-refractivity contribution in [3.63, 3.8) is 0 Å². The molecule has 0 aliphatic carbocycles. The average Bonchev–Trinajstić information content (AvgIpc) is 3.24. The van der Waals surface area contributed by atoms with E-state index in [4.69, 9.17) is 0 Å². The normalized spacial score (nSPS) is 11.8. The molecule has 0 radical (unpaired) electrons. The molecule has 30 heavy (non-hydrogen) atoms. The van der Waals surface area contributed by atoms with E-state index in [-0.39, 0.29) is 5.91 Å². The van der Waals surface area contributed by atoms with Gasteiger partial charge in [0.25, 0.3) is 5.91 Å². The molecule has 4 rings (SSSR count). The highest BCUT2D eigenvalue weighted by Crippen LogP contribution is 2.34. The minimum absolute atomic E-state index is 0.266. The second-order valence-corrected chi connectivity index (χ2v) is 8.18. The maximum atomic E-state index is 13.1. The number of carbonyl (C=O) groups excluding carboxylic acids is 1. The molecule has 0 saturated carbocycles. The van der Waals surface area contributed by atoms with Crippen LogP contribution in [0.15, 0.2) is 48.5 Å². The number of carbonyl (C=O) groups is 1. The van der Waals surface area contributed by atoms with Gasteiger partial charge in [-0.15, -0.1) is 11.3 Å². The fraction of sp³-hybridized carbons (Fsp3) is 0.182. The summed E-state index contributed by atoms with van der Waals surface area (Å²) in [5, 5.41) is 8.02. The number of thiophene rings is 1. The van der Waals surface area contributed by atoms with Crippen LogP contribution in [0.3, 0.4) is 0 Å². The van der Waals surface area contributed by atoms with Crippen LogP contribution in [0, 0.1) is 20.8 Å². The Morgan fingerprint density at radius 1 is 1.07 bits per heavy atom. The fourth-order valence-electron chi connectivity index (χ4n) is 3.29. The minimum atomic E-state index is -4.44. The van der Waals surface area contributed by atoms with Crippen LogP contribution in [0.25, 0.3) is 15.9 Å². The first-order valence-electron chi connectivity index (χ1n) is 9.19. The lowest BCUT2D eigenvalue weighted by Crippen LogP contribution is -2.11. The SMILES string of the molecule is Cc1ccc(NC(=O)c2cc3c(C)nn(-c4cccc(C(F)(F)F)c4)c3s2)c(C)c1. The third kappa shape index (κ3) is 3.70. The molecule has 0 unspecified atom stereocenters. The van der Waals surface area contributed by atoms with Gasteiger partial charge < -0.3 is 5.32 Å². The average molecular weight is 429 g/mol. The molecule has 154 valence electrons. The molecule has 2 aromatic heterocycles. The lowest BCUT2D eigenvalue weighted by molar-refractivity contribution is -0.137. The van der Waals surface area contributed by atoms with Crippen LogP contribution >= 0.6 is 11.3 Å². The number of nitrogens with one attached hydrogen (secondary N) is 1. The summed E-state index contributed by atoms with van der Waals surface area (Å²) in [6.45, 7) is 5.67. The van der Waals surface area contributed by atoms with E-state index in [0.29, 0.717) is 21.1 Å². The van der Waals surface area contributed by atoms with Crippen molar-refractivity contribution in [1.82, 2.24) is 9.78 Å². The third-order valence-corrected chi connectivity index (χ3v) is 5.93. The first-order valence-corrected chi connectivity index (χ1v) is 10.0. The van der Waals surface area contributed by atoms with Crippen LogP contribution in [0.1, 0.15) is 32.1 Å². The van der Waals surface area contributed by atoms with Gasteiger partial charge in [0.05, 0.1) is 21.8 Å². The van der Waals surface area contributed by atoms with Gasteiger partial charge in [-0.25, -0.2) is 4.68 Å². The highest BCUT2D eigenvalue weighted by atomic mass is 32.1. The molecule has 0 spiro atoms. The smallest absolute Gasteiger partial charge is 0.321 e. The summed E-state index contributed by atoms with van der Waals surface area (Å²) in [5.41, 5.74) is 2.97. The van der Waals surface area contributed by atoms with Gasteiger partial charge in [-0.05, 0) is 56.7 Å². The van der Waals surface area contributed by atoms with Gasteiger partial charge in [-0.1, -0.05) is 23.8 Å². The Labute approximate surface area is 175 Å². The number of amides is 1. The largest absolute Gasteiger partial charge is 0.416 e. The summed E-state index contributed by atoms with van der Waals surface area (Å²) >= 11 is 1.20. The molecule has 0 saturated heterocycles. The van der Waals surface area contributed by atoms with Crippen molar-refractivity contribution in [2.45, 2.75) is 26.9 Å². The number of fused-ring (bicyclic) bond motifs is 1. The fourth-order valence-corrected chi connectivity index (χ4v) is 4.36. The van der Waals surface area contributed by atoms with Crippen LogP contribution < -0.4 is 5.32 Å². The second-order valence-electron chi connectivity index (χ2n) is 7.15. The Bertz CT molecular complexity index is 1270. The van der Waals surface area contributed by atoms with E-state index < -0.39 is 11.7 Å².